The van der Waals surface area contributed by atoms with Crippen molar-refractivity contribution in [2.24, 2.45) is 0 Å². The predicted molar refractivity (Wildman–Crippen MR) is 75.8 cm³/mol. The minimum absolute atomic E-state index is 0.0377. The molecular formula is C16H17F2NO. The average Bonchev–Trinajstić information content (AvgIpc) is 2.46. The van der Waals surface area contributed by atoms with E-state index >= 15 is 0 Å². The third kappa shape index (κ3) is 2.80. The summed E-state index contributed by atoms with van der Waals surface area (Å²) < 4.78 is 32.2. The first-order valence-electron chi connectivity index (χ1n) is 6.37. The maximum Gasteiger partial charge on any atom is 0.165 e. The van der Waals surface area contributed by atoms with E-state index < -0.39 is 5.82 Å². The van der Waals surface area contributed by atoms with Gasteiger partial charge in [-0.25, -0.2) is 8.78 Å². The van der Waals surface area contributed by atoms with Crippen molar-refractivity contribution < 1.29 is 13.5 Å². The summed E-state index contributed by atoms with van der Waals surface area (Å²) in [4.78, 5) is 0. The minimum atomic E-state index is -0.461. The van der Waals surface area contributed by atoms with Crippen LogP contribution in [-0.2, 0) is 0 Å². The minimum Gasteiger partial charge on any atom is -0.494 e. The van der Waals surface area contributed by atoms with Crippen LogP contribution in [-0.4, -0.2) is 14.2 Å². The summed E-state index contributed by atoms with van der Waals surface area (Å²) in [6, 6.07) is 9.21. The van der Waals surface area contributed by atoms with E-state index in [4.69, 9.17) is 4.74 Å². The first kappa shape index (κ1) is 14.5. The Balaban J connectivity index is 2.56. The largest absolute Gasteiger partial charge is 0.494 e. The van der Waals surface area contributed by atoms with Gasteiger partial charge in [0.05, 0.1) is 7.11 Å². The Morgan fingerprint density at radius 1 is 1.10 bits per heavy atom. The lowest BCUT2D eigenvalue weighted by Gasteiger charge is -2.16. The number of hydrogen-bond donors (Lipinski definition) is 1. The number of hydrogen-bond acceptors (Lipinski definition) is 2. The van der Waals surface area contributed by atoms with Gasteiger partial charge in [-0.3, -0.25) is 0 Å². The van der Waals surface area contributed by atoms with Crippen LogP contribution in [0.4, 0.5) is 8.78 Å². The number of nitrogens with one attached hydrogen (secondary N) is 1. The van der Waals surface area contributed by atoms with Gasteiger partial charge >= 0.3 is 0 Å². The first-order valence-corrected chi connectivity index (χ1v) is 6.37. The summed E-state index contributed by atoms with van der Waals surface area (Å²) in [5.74, 6) is -0.631. The fourth-order valence-corrected chi connectivity index (χ4v) is 2.15. The molecule has 0 saturated carbocycles. The van der Waals surface area contributed by atoms with Crippen LogP contribution in [0, 0.1) is 11.6 Å². The second kappa shape index (κ2) is 6.01. The number of methoxy groups -OCH3 is 1. The van der Waals surface area contributed by atoms with Crippen LogP contribution >= 0.6 is 0 Å². The molecule has 0 bridgehead atoms. The molecule has 1 N–H and O–H groups in total. The van der Waals surface area contributed by atoms with Gasteiger partial charge in [0.25, 0.3) is 0 Å². The molecule has 0 amide bonds. The maximum atomic E-state index is 13.8. The molecule has 0 aliphatic carbocycles. The second-order valence-electron chi connectivity index (χ2n) is 4.59. The summed E-state index contributed by atoms with van der Waals surface area (Å²) in [7, 11) is 3.24. The van der Waals surface area contributed by atoms with E-state index in [1.807, 2.05) is 14.0 Å². The summed E-state index contributed by atoms with van der Waals surface area (Å²) in [5, 5.41) is 3.11. The summed E-state index contributed by atoms with van der Waals surface area (Å²) in [5.41, 5.74) is 2.21. The van der Waals surface area contributed by atoms with E-state index in [2.05, 4.69) is 5.32 Å². The topological polar surface area (TPSA) is 21.3 Å². The fourth-order valence-electron chi connectivity index (χ4n) is 2.15. The van der Waals surface area contributed by atoms with Gasteiger partial charge in [-0.1, -0.05) is 12.1 Å². The van der Waals surface area contributed by atoms with E-state index in [0.717, 1.165) is 5.56 Å². The third-order valence-electron chi connectivity index (χ3n) is 3.38. The van der Waals surface area contributed by atoms with Crippen LogP contribution in [0.5, 0.6) is 5.75 Å². The van der Waals surface area contributed by atoms with Gasteiger partial charge in [-0.15, -0.1) is 0 Å². The van der Waals surface area contributed by atoms with E-state index in [1.54, 1.807) is 18.2 Å². The Bertz CT molecular complexity index is 613. The van der Waals surface area contributed by atoms with Crippen molar-refractivity contribution in [1.82, 2.24) is 5.32 Å². The van der Waals surface area contributed by atoms with Gasteiger partial charge < -0.3 is 10.1 Å². The first-order chi connectivity index (χ1) is 9.56. The van der Waals surface area contributed by atoms with Gasteiger partial charge in [-0.05, 0) is 54.9 Å². The van der Waals surface area contributed by atoms with Crippen LogP contribution in [0.15, 0.2) is 36.4 Å². The molecular weight excluding hydrogens is 260 g/mol. The van der Waals surface area contributed by atoms with Gasteiger partial charge in [-0.2, -0.15) is 0 Å². The van der Waals surface area contributed by atoms with Crippen LogP contribution in [0.25, 0.3) is 11.1 Å². The maximum absolute atomic E-state index is 13.8. The lowest BCUT2D eigenvalue weighted by molar-refractivity contribution is 0.386. The van der Waals surface area contributed by atoms with E-state index in [0.29, 0.717) is 11.1 Å². The van der Waals surface area contributed by atoms with Crippen molar-refractivity contribution in [1.29, 1.82) is 0 Å². The van der Waals surface area contributed by atoms with Crippen molar-refractivity contribution >= 4 is 0 Å². The molecule has 0 heterocycles. The predicted octanol–water partition coefficient (Wildman–Crippen LogP) is 3.92. The Morgan fingerprint density at radius 3 is 2.45 bits per heavy atom. The van der Waals surface area contributed by atoms with Crippen molar-refractivity contribution in [3.8, 4) is 16.9 Å². The zero-order valence-corrected chi connectivity index (χ0v) is 11.7. The average molecular weight is 277 g/mol. The highest BCUT2D eigenvalue weighted by molar-refractivity contribution is 5.69. The van der Waals surface area contributed by atoms with Gasteiger partial charge in [0.15, 0.2) is 11.6 Å². The Hall–Kier alpha value is -1.94. The van der Waals surface area contributed by atoms with Gasteiger partial charge in [0.1, 0.15) is 5.82 Å². The molecule has 2 aromatic carbocycles. The molecule has 20 heavy (non-hydrogen) atoms. The molecule has 0 aromatic heterocycles. The molecule has 0 aliphatic heterocycles. The molecule has 0 aliphatic rings. The summed E-state index contributed by atoms with van der Waals surface area (Å²) >= 11 is 0. The van der Waals surface area contributed by atoms with Gasteiger partial charge in [0, 0.05) is 6.04 Å². The van der Waals surface area contributed by atoms with Crippen LogP contribution in [0.1, 0.15) is 18.5 Å². The molecule has 2 nitrogen and oxygen atoms in total. The number of benzene rings is 2. The molecule has 2 aromatic rings. The number of ether oxygens (including phenoxy) is 1. The normalized spacial score (nSPS) is 12.2. The lowest BCUT2D eigenvalue weighted by atomic mass is 9.95. The van der Waals surface area contributed by atoms with Crippen LogP contribution in [0.3, 0.4) is 0 Å². The molecule has 0 saturated heterocycles. The van der Waals surface area contributed by atoms with Gasteiger partial charge in [0.2, 0.25) is 0 Å². The van der Waals surface area contributed by atoms with E-state index in [1.165, 1.54) is 25.3 Å². The Morgan fingerprint density at radius 2 is 1.85 bits per heavy atom. The molecule has 106 valence electrons. The summed E-state index contributed by atoms with van der Waals surface area (Å²) in [6.45, 7) is 1.97. The number of rotatable bonds is 4. The Kier molecular flexibility index (Phi) is 4.35. The fraction of sp³-hybridized carbons (Fsp3) is 0.250. The Labute approximate surface area is 117 Å². The smallest absolute Gasteiger partial charge is 0.165 e. The highest BCUT2D eigenvalue weighted by Crippen LogP contribution is 2.31. The highest BCUT2D eigenvalue weighted by Gasteiger charge is 2.13. The van der Waals surface area contributed by atoms with Crippen molar-refractivity contribution in [2.45, 2.75) is 13.0 Å². The SMILES string of the molecule is CNC(C)c1ccc(F)cc1-c1ccc(OC)c(F)c1. The molecule has 1 atom stereocenters. The van der Waals surface area contributed by atoms with Crippen LogP contribution in [0.2, 0.25) is 0 Å². The molecule has 0 spiro atoms. The van der Waals surface area contributed by atoms with Crippen LogP contribution < -0.4 is 10.1 Å². The lowest BCUT2D eigenvalue weighted by Crippen LogP contribution is -2.13. The molecule has 2 rings (SSSR count). The quantitative estimate of drug-likeness (QED) is 0.914. The van der Waals surface area contributed by atoms with Crippen molar-refractivity contribution in [3.63, 3.8) is 0 Å². The summed E-state index contributed by atoms with van der Waals surface area (Å²) in [6.07, 6.45) is 0. The van der Waals surface area contributed by atoms with E-state index in [-0.39, 0.29) is 17.6 Å². The monoisotopic (exact) mass is 277 g/mol. The van der Waals surface area contributed by atoms with Crippen molar-refractivity contribution in [3.05, 3.63) is 53.6 Å². The zero-order chi connectivity index (χ0) is 14.7. The molecule has 1 unspecified atom stereocenters. The standard InChI is InChI=1S/C16H17F2NO/c1-10(19-2)13-6-5-12(17)9-14(13)11-4-7-16(20-3)15(18)8-11/h4-10,19H,1-3H3. The molecule has 0 fully saturated rings. The molecule has 4 heteroatoms. The highest BCUT2D eigenvalue weighted by atomic mass is 19.1. The zero-order valence-electron chi connectivity index (χ0n) is 11.7. The van der Waals surface area contributed by atoms with E-state index in [9.17, 15) is 8.78 Å². The second-order valence-corrected chi connectivity index (χ2v) is 4.59. The third-order valence-corrected chi connectivity index (χ3v) is 3.38. The number of halogens is 2. The molecule has 0 radical (unpaired) electrons. The van der Waals surface area contributed by atoms with Crippen molar-refractivity contribution in [2.75, 3.05) is 14.2 Å².